The van der Waals surface area contributed by atoms with Crippen LogP contribution in [0, 0.1) is 17.8 Å². The molecule has 0 radical (unpaired) electrons. The van der Waals surface area contributed by atoms with Crippen LogP contribution in [0.5, 0.6) is 0 Å². The maximum absolute atomic E-state index is 11.0. The van der Waals surface area contributed by atoms with Gasteiger partial charge in [0.15, 0.2) is 4.87 Å². The molecular weight excluding hydrogens is 208 g/mol. The minimum Gasteiger partial charge on any atom is -0.481 e. The summed E-state index contributed by atoms with van der Waals surface area (Å²) < 4.78 is 0. The smallest absolute Gasteiger partial charge is 0.325 e. The molecule has 2 aliphatic carbocycles. The summed E-state index contributed by atoms with van der Waals surface area (Å²) in [6.45, 7) is 0. The van der Waals surface area contributed by atoms with Crippen LogP contribution in [-0.4, -0.2) is 27.0 Å². The second-order valence-electron chi connectivity index (χ2n) is 4.16. The number of hydrogen-bond donors (Lipinski definition) is 2. The van der Waals surface area contributed by atoms with Crippen molar-refractivity contribution in [3.8, 4) is 0 Å². The highest BCUT2D eigenvalue weighted by molar-refractivity contribution is 6.35. The lowest BCUT2D eigenvalue weighted by Gasteiger charge is -2.32. The zero-order valence-electron chi connectivity index (χ0n) is 7.44. The molecule has 2 saturated carbocycles. The van der Waals surface area contributed by atoms with E-state index < -0.39 is 22.7 Å². The van der Waals surface area contributed by atoms with Crippen molar-refractivity contribution in [2.45, 2.75) is 24.1 Å². The van der Waals surface area contributed by atoms with Gasteiger partial charge in [0.25, 0.3) is 0 Å². The summed E-state index contributed by atoms with van der Waals surface area (Å²) in [7, 11) is 0. The maximum Gasteiger partial charge on any atom is 0.325 e. The standard InChI is InChI=1S/C9H11ClO4/c10-9(8(13)14)5-2-1-4(3-5)6(9)7(11)12/h4-6H,1-3H2,(H,11,12)(H,13,14). The molecule has 0 spiro atoms. The molecule has 78 valence electrons. The molecule has 0 aromatic rings. The Bertz CT molecular complexity index is 303. The third kappa shape index (κ3) is 1.00. The van der Waals surface area contributed by atoms with Gasteiger partial charge in [0.2, 0.25) is 0 Å². The molecule has 0 aromatic heterocycles. The van der Waals surface area contributed by atoms with Gasteiger partial charge in [-0.15, -0.1) is 11.6 Å². The normalized spacial score (nSPS) is 45.4. The van der Waals surface area contributed by atoms with E-state index >= 15 is 0 Å². The van der Waals surface area contributed by atoms with Crippen molar-refractivity contribution in [3.05, 3.63) is 0 Å². The van der Waals surface area contributed by atoms with Crippen molar-refractivity contribution in [3.63, 3.8) is 0 Å². The molecule has 4 unspecified atom stereocenters. The Morgan fingerprint density at radius 2 is 1.93 bits per heavy atom. The third-order valence-corrected chi connectivity index (χ3v) is 4.29. The van der Waals surface area contributed by atoms with Crippen molar-refractivity contribution in [1.29, 1.82) is 0 Å². The highest BCUT2D eigenvalue weighted by atomic mass is 35.5. The van der Waals surface area contributed by atoms with Crippen LogP contribution in [0.2, 0.25) is 0 Å². The Morgan fingerprint density at radius 3 is 2.36 bits per heavy atom. The summed E-state index contributed by atoms with van der Waals surface area (Å²) in [6, 6.07) is 0. The zero-order valence-corrected chi connectivity index (χ0v) is 8.20. The van der Waals surface area contributed by atoms with Crippen LogP contribution in [0.4, 0.5) is 0 Å². The second kappa shape index (κ2) is 2.86. The third-order valence-electron chi connectivity index (χ3n) is 3.59. The van der Waals surface area contributed by atoms with Gasteiger partial charge in [-0.25, -0.2) is 0 Å². The van der Waals surface area contributed by atoms with Crippen LogP contribution in [0.25, 0.3) is 0 Å². The van der Waals surface area contributed by atoms with Gasteiger partial charge >= 0.3 is 11.9 Å². The lowest BCUT2D eigenvalue weighted by molar-refractivity contribution is -0.154. The van der Waals surface area contributed by atoms with Crippen molar-refractivity contribution in [1.82, 2.24) is 0 Å². The molecule has 2 rings (SSSR count). The Kier molecular flexibility index (Phi) is 2.00. The first kappa shape index (κ1) is 9.77. The number of carboxylic acids is 2. The van der Waals surface area contributed by atoms with Gasteiger partial charge in [-0.05, 0) is 31.1 Å². The zero-order chi connectivity index (χ0) is 10.5. The van der Waals surface area contributed by atoms with E-state index in [0.717, 1.165) is 12.8 Å². The molecule has 5 heteroatoms. The lowest BCUT2D eigenvalue weighted by atomic mass is 9.78. The van der Waals surface area contributed by atoms with Gasteiger partial charge in [-0.3, -0.25) is 9.59 Å². The van der Waals surface area contributed by atoms with E-state index in [1.54, 1.807) is 0 Å². The number of rotatable bonds is 2. The van der Waals surface area contributed by atoms with Crippen LogP contribution in [0.15, 0.2) is 0 Å². The maximum atomic E-state index is 11.0. The Hall–Kier alpha value is -0.770. The van der Waals surface area contributed by atoms with Crippen LogP contribution in [-0.2, 0) is 9.59 Å². The predicted molar refractivity (Wildman–Crippen MR) is 48.2 cm³/mol. The van der Waals surface area contributed by atoms with E-state index in [9.17, 15) is 9.59 Å². The molecule has 4 nitrogen and oxygen atoms in total. The molecule has 2 aliphatic rings. The van der Waals surface area contributed by atoms with Crippen molar-refractivity contribution in [2.24, 2.45) is 17.8 Å². The number of aliphatic carboxylic acids is 2. The first-order valence-corrected chi connectivity index (χ1v) is 5.00. The number of carbonyl (C=O) groups is 2. The van der Waals surface area contributed by atoms with E-state index in [1.807, 2.05) is 0 Å². The van der Waals surface area contributed by atoms with E-state index in [2.05, 4.69) is 0 Å². The van der Waals surface area contributed by atoms with Gasteiger partial charge in [-0.2, -0.15) is 0 Å². The molecule has 0 aliphatic heterocycles. The van der Waals surface area contributed by atoms with Gasteiger partial charge in [0.05, 0.1) is 5.92 Å². The summed E-state index contributed by atoms with van der Waals surface area (Å²) in [4.78, 5) is 20.4. The quantitative estimate of drug-likeness (QED) is 0.683. The van der Waals surface area contributed by atoms with Crippen molar-refractivity contribution in [2.75, 3.05) is 0 Å². The largest absolute Gasteiger partial charge is 0.481 e. The first-order valence-electron chi connectivity index (χ1n) is 4.63. The summed E-state index contributed by atoms with van der Waals surface area (Å²) in [5.74, 6) is -3.40. The van der Waals surface area contributed by atoms with Crippen LogP contribution >= 0.6 is 11.6 Å². The fourth-order valence-electron chi connectivity index (χ4n) is 2.99. The highest BCUT2D eigenvalue weighted by Gasteiger charge is 2.64. The highest BCUT2D eigenvalue weighted by Crippen LogP contribution is 2.57. The van der Waals surface area contributed by atoms with Crippen LogP contribution in [0.3, 0.4) is 0 Å². The second-order valence-corrected chi connectivity index (χ2v) is 4.78. The summed E-state index contributed by atoms with van der Waals surface area (Å²) in [5.41, 5.74) is 0. The van der Waals surface area contributed by atoms with E-state index in [0.29, 0.717) is 6.42 Å². The number of halogens is 1. The minimum absolute atomic E-state index is 0.0499. The van der Waals surface area contributed by atoms with Gasteiger partial charge in [0, 0.05) is 0 Å². The molecule has 0 amide bonds. The topological polar surface area (TPSA) is 74.6 Å². The average Bonchev–Trinajstić information content (AvgIpc) is 2.61. The lowest BCUT2D eigenvalue weighted by Crippen LogP contribution is -2.48. The number of alkyl halides is 1. The SMILES string of the molecule is O=C(O)C1C2CCC(C2)C1(Cl)C(=O)O. The van der Waals surface area contributed by atoms with E-state index in [-0.39, 0.29) is 11.8 Å². The molecule has 4 atom stereocenters. The molecule has 14 heavy (non-hydrogen) atoms. The molecule has 2 fully saturated rings. The molecule has 2 N–H and O–H groups in total. The Balaban J connectivity index is 2.39. The van der Waals surface area contributed by atoms with E-state index in [1.165, 1.54) is 0 Å². The predicted octanol–water partition coefficient (Wildman–Crippen LogP) is 1.18. The number of fused-ring (bicyclic) bond motifs is 2. The number of carboxylic acid groups (broad SMARTS) is 2. The average molecular weight is 219 g/mol. The summed E-state index contributed by atoms with van der Waals surface area (Å²) >= 11 is 5.98. The fraction of sp³-hybridized carbons (Fsp3) is 0.778. The minimum atomic E-state index is -1.56. The Labute approximate surface area is 85.9 Å². The molecule has 2 bridgehead atoms. The Morgan fingerprint density at radius 1 is 1.29 bits per heavy atom. The van der Waals surface area contributed by atoms with E-state index in [4.69, 9.17) is 21.8 Å². The monoisotopic (exact) mass is 218 g/mol. The number of hydrogen-bond acceptors (Lipinski definition) is 2. The van der Waals surface area contributed by atoms with Crippen LogP contribution in [0.1, 0.15) is 19.3 Å². The fourth-order valence-corrected chi connectivity index (χ4v) is 3.46. The molecular formula is C9H11ClO4. The van der Waals surface area contributed by atoms with Gasteiger partial charge in [-0.1, -0.05) is 0 Å². The summed E-state index contributed by atoms with van der Waals surface area (Å²) in [5, 5.41) is 18.0. The van der Waals surface area contributed by atoms with Gasteiger partial charge < -0.3 is 10.2 Å². The van der Waals surface area contributed by atoms with Crippen molar-refractivity contribution >= 4 is 23.5 Å². The van der Waals surface area contributed by atoms with Gasteiger partial charge in [0.1, 0.15) is 0 Å². The van der Waals surface area contributed by atoms with Crippen molar-refractivity contribution < 1.29 is 19.8 Å². The molecule has 0 heterocycles. The molecule has 0 aromatic carbocycles. The molecule has 0 saturated heterocycles. The summed E-state index contributed by atoms with van der Waals surface area (Å²) in [6.07, 6.45) is 2.18. The first-order chi connectivity index (χ1) is 6.48. The van der Waals surface area contributed by atoms with Crippen LogP contribution < -0.4 is 0 Å².